The molecule has 0 spiro atoms. The number of hydrogen-bond donors (Lipinski definition) is 3. The molecule has 3 N–H and O–H groups in total. The highest BCUT2D eigenvalue weighted by atomic mass is 16.3. The molecule has 2 heterocycles. The number of rotatable bonds is 6. The number of nitrogens with one attached hydrogen (secondary N) is 2. The van der Waals surface area contributed by atoms with E-state index in [1.807, 2.05) is 6.92 Å². The molecule has 0 saturated carbocycles. The minimum atomic E-state index is -0.401. The quantitative estimate of drug-likeness (QED) is 0.639. The van der Waals surface area contributed by atoms with Crippen LogP contribution in [-0.4, -0.2) is 37.4 Å². The molecule has 8 heteroatoms. The predicted octanol–water partition coefficient (Wildman–Crippen LogP) is -0.219. The van der Waals surface area contributed by atoms with Crippen LogP contribution in [0.1, 0.15) is 19.8 Å². The molecule has 8 nitrogen and oxygen atoms in total. The highest BCUT2D eigenvalue weighted by Crippen LogP contribution is 2.09. The number of H-pyrrole nitrogens is 1. The van der Waals surface area contributed by atoms with E-state index in [0.29, 0.717) is 23.7 Å². The largest absolute Gasteiger partial charge is 0.396 e. The summed E-state index contributed by atoms with van der Waals surface area (Å²) in [6.45, 7) is 2.85. The Balaban J connectivity index is 2.17. The van der Waals surface area contributed by atoms with E-state index in [-0.39, 0.29) is 18.1 Å². The van der Waals surface area contributed by atoms with Gasteiger partial charge in [0.1, 0.15) is 0 Å². The van der Waals surface area contributed by atoms with Gasteiger partial charge in [0.2, 0.25) is 5.95 Å². The van der Waals surface area contributed by atoms with E-state index < -0.39 is 5.69 Å². The van der Waals surface area contributed by atoms with Crippen LogP contribution >= 0.6 is 0 Å². The summed E-state index contributed by atoms with van der Waals surface area (Å²) in [6, 6.07) is 0. The highest BCUT2D eigenvalue weighted by molar-refractivity contribution is 5.72. The van der Waals surface area contributed by atoms with Crippen LogP contribution in [0, 0.1) is 5.92 Å². The zero-order valence-corrected chi connectivity index (χ0v) is 12.5. The van der Waals surface area contributed by atoms with Crippen LogP contribution in [0.3, 0.4) is 0 Å². The lowest BCUT2D eigenvalue weighted by atomic mass is 10.1. The molecule has 0 aromatic carbocycles. The van der Waals surface area contributed by atoms with Gasteiger partial charge in [0.25, 0.3) is 5.56 Å². The Hall–Kier alpha value is -2.09. The number of aromatic nitrogens is 4. The average Bonchev–Trinajstić information content (AvgIpc) is 2.91. The number of anilines is 1. The van der Waals surface area contributed by atoms with Crippen molar-refractivity contribution in [3.05, 3.63) is 20.8 Å². The number of aliphatic hydroxyl groups is 1. The van der Waals surface area contributed by atoms with Gasteiger partial charge in [-0.05, 0) is 18.8 Å². The van der Waals surface area contributed by atoms with Crippen LogP contribution in [-0.2, 0) is 14.1 Å². The SMILES string of the molecule is CC(CO)CCCNc1nc2c([nH]1)c(=O)n(C)c(=O)n2C. The summed E-state index contributed by atoms with van der Waals surface area (Å²) in [4.78, 5) is 31.0. The number of aromatic amines is 1. The maximum atomic E-state index is 12.0. The Kier molecular flexibility index (Phi) is 4.46. The summed E-state index contributed by atoms with van der Waals surface area (Å²) in [7, 11) is 3.02. The fourth-order valence-electron chi connectivity index (χ4n) is 2.16. The van der Waals surface area contributed by atoms with Gasteiger partial charge >= 0.3 is 5.69 Å². The first-order valence-electron chi connectivity index (χ1n) is 6.96. The summed E-state index contributed by atoms with van der Waals surface area (Å²) in [5.74, 6) is 0.746. The summed E-state index contributed by atoms with van der Waals surface area (Å²) >= 11 is 0. The number of imidazole rings is 1. The van der Waals surface area contributed by atoms with Gasteiger partial charge in [-0.25, -0.2) is 4.79 Å². The van der Waals surface area contributed by atoms with Crippen molar-refractivity contribution in [2.45, 2.75) is 19.8 Å². The molecule has 2 rings (SSSR count). The predicted molar refractivity (Wildman–Crippen MR) is 80.5 cm³/mol. The Labute approximate surface area is 121 Å². The minimum absolute atomic E-state index is 0.183. The van der Waals surface area contributed by atoms with Crippen molar-refractivity contribution < 1.29 is 5.11 Å². The van der Waals surface area contributed by atoms with E-state index in [0.717, 1.165) is 17.4 Å². The third-order valence-corrected chi connectivity index (χ3v) is 3.57. The maximum absolute atomic E-state index is 12.0. The van der Waals surface area contributed by atoms with Crippen LogP contribution in [0.15, 0.2) is 9.59 Å². The molecular formula is C13H21N5O3. The molecule has 0 aliphatic carbocycles. The second kappa shape index (κ2) is 6.13. The lowest BCUT2D eigenvalue weighted by Gasteiger charge is -2.07. The van der Waals surface area contributed by atoms with Crippen LogP contribution in [0.2, 0.25) is 0 Å². The molecule has 2 aromatic rings. The van der Waals surface area contributed by atoms with Crippen molar-refractivity contribution in [1.29, 1.82) is 0 Å². The first-order valence-corrected chi connectivity index (χ1v) is 6.96. The van der Waals surface area contributed by atoms with Gasteiger partial charge in [0.15, 0.2) is 11.2 Å². The average molecular weight is 295 g/mol. The van der Waals surface area contributed by atoms with Crippen molar-refractivity contribution >= 4 is 17.1 Å². The van der Waals surface area contributed by atoms with Crippen LogP contribution in [0.4, 0.5) is 5.95 Å². The molecule has 1 unspecified atom stereocenters. The molecule has 0 fully saturated rings. The fraction of sp³-hybridized carbons (Fsp3) is 0.615. The zero-order valence-electron chi connectivity index (χ0n) is 12.5. The summed E-state index contributed by atoms with van der Waals surface area (Å²) in [6.07, 6.45) is 1.79. The van der Waals surface area contributed by atoms with E-state index in [4.69, 9.17) is 5.11 Å². The molecule has 0 saturated heterocycles. The summed E-state index contributed by atoms with van der Waals surface area (Å²) in [5, 5.41) is 12.0. The normalized spacial score (nSPS) is 12.8. The smallest absolute Gasteiger partial charge is 0.332 e. The molecule has 0 bridgehead atoms. The Bertz CT molecular complexity index is 743. The molecule has 21 heavy (non-hydrogen) atoms. The van der Waals surface area contributed by atoms with Gasteiger partial charge in [-0.15, -0.1) is 0 Å². The van der Waals surface area contributed by atoms with Gasteiger partial charge < -0.3 is 15.4 Å². The minimum Gasteiger partial charge on any atom is -0.396 e. The number of aliphatic hydroxyl groups excluding tert-OH is 1. The van der Waals surface area contributed by atoms with Gasteiger partial charge in [-0.1, -0.05) is 6.92 Å². The lowest BCUT2D eigenvalue weighted by molar-refractivity contribution is 0.229. The van der Waals surface area contributed by atoms with E-state index in [2.05, 4.69) is 15.3 Å². The van der Waals surface area contributed by atoms with Crippen molar-refractivity contribution in [2.75, 3.05) is 18.5 Å². The van der Waals surface area contributed by atoms with Gasteiger partial charge in [0, 0.05) is 27.2 Å². The number of hydrogen-bond acceptors (Lipinski definition) is 5. The van der Waals surface area contributed by atoms with Crippen LogP contribution in [0.25, 0.3) is 11.2 Å². The molecule has 2 aromatic heterocycles. The fourth-order valence-corrected chi connectivity index (χ4v) is 2.16. The van der Waals surface area contributed by atoms with Crippen molar-refractivity contribution in [3.63, 3.8) is 0 Å². The monoisotopic (exact) mass is 295 g/mol. The zero-order chi connectivity index (χ0) is 15.6. The highest BCUT2D eigenvalue weighted by Gasteiger charge is 2.13. The van der Waals surface area contributed by atoms with Crippen molar-refractivity contribution in [3.8, 4) is 0 Å². The third kappa shape index (κ3) is 2.99. The maximum Gasteiger partial charge on any atom is 0.332 e. The molecule has 0 aliphatic heterocycles. The Morgan fingerprint density at radius 3 is 2.71 bits per heavy atom. The molecule has 0 aliphatic rings. The van der Waals surface area contributed by atoms with Crippen molar-refractivity contribution in [1.82, 2.24) is 19.1 Å². The van der Waals surface area contributed by atoms with Crippen molar-refractivity contribution in [2.24, 2.45) is 20.0 Å². The van der Waals surface area contributed by atoms with E-state index in [1.165, 1.54) is 11.6 Å². The molecule has 1 atom stereocenters. The topological polar surface area (TPSA) is 105 Å². The molecular weight excluding hydrogens is 274 g/mol. The van der Waals surface area contributed by atoms with E-state index in [9.17, 15) is 9.59 Å². The van der Waals surface area contributed by atoms with Crippen LogP contribution in [0.5, 0.6) is 0 Å². The van der Waals surface area contributed by atoms with Gasteiger partial charge in [-0.3, -0.25) is 13.9 Å². The second-order valence-electron chi connectivity index (χ2n) is 5.35. The molecule has 116 valence electrons. The lowest BCUT2D eigenvalue weighted by Crippen LogP contribution is -2.36. The van der Waals surface area contributed by atoms with E-state index >= 15 is 0 Å². The first kappa shape index (κ1) is 15.3. The van der Waals surface area contributed by atoms with Gasteiger partial charge in [-0.2, -0.15) is 4.98 Å². The second-order valence-corrected chi connectivity index (χ2v) is 5.35. The third-order valence-electron chi connectivity index (χ3n) is 3.57. The Morgan fingerprint density at radius 1 is 1.33 bits per heavy atom. The van der Waals surface area contributed by atoms with E-state index in [1.54, 1.807) is 7.05 Å². The van der Waals surface area contributed by atoms with Gasteiger partial charge in [0.05, 0.1) is 0 Å². The van der Waals surface area contributed by atoms with Crippen LogP contribution < -0.4 is 16.6 Å². The summed E-state index contributed by atoms with van der Waals surface area (Å²) in [5.41, 5.74) is -0.134. The summed E-state index contributed by atoms with van der Waals surface area (Å²) < 4.78 is 2.39. The number of fused-ring (bicyclic) bond motifs is 1. The molecule has 0 amide bonds. The number of aryl methyl sites for hydroxylation is 1. The first-order chi connectivity index (χ1) is 9.95. The Morgan fingerprint density at radius 2 is 2.05 bits per heavy atom. The standard InChI is InChI=1S/C13H21N5O3/c1-8(7-19)5-4-6-14-12-15-9-10(16-12)17(2)13(21)18(3)11(9)20/h8,19H,4-7H2,1-3H3,(H2,14,15,16). The number of nitrogens with zero attached hydrogens (tertiary/aromatic N) is 3. The molecule has 0 radical (unpaired) electrons.